The van der Waals surface area contributed by atoms with E-state index in [9.17, 15) is 0 Å². The molecule has 16 heavy (non-hydrogen) atoms. The van der Waals surface area contributed by atoms with Crippen LogP contribution in [-0.4, -0.2) is 29.8 Å². The lowest BCUT2D eigenvalue weighted by molar-refractivity contribution is -0.104. The minimum Gasteiger partial charge on any atom is -0.376 e. The maximum atomic E-state index is 6.17. The fourth-order valence-corrected chi connectivity index (χ4v) is 3.42. The van der Waals surface area contributed by atoms with Gasteiger partial charge in [0.15, 0.2) is 5.13 Å². The molecule has 3 rings (SSSR count). The van der Waals surface area contributed by atoms with E-state index in [4.69, 9.17) is 10.5 Å². The van der Waals surface area contributed by atoms with Gasteiger partial charge in [-0.05, 0) is 19.8 Å². The molecule has 0 aromatic carbocycles. The molecule has 4 unspecified atom stereocenters. The second kappa shape index (κ2) is 3.98. The maximum Gasteiger partial charge on any atom is 0.183 e. The molecule has 4 nitrogen and oxygen atoms in total. The number of nitrogens with zero attached hydrogens (tertiary/aromatic N) is 1. The molecule has 1 aromatic rings. The summed E-state index contributed by atoms with van der Waals surface area (Å²) in [5, 5.41) is 6.42. The molecule has 2 fully saturated rings. The minimum absolute atomic E-state index is 0.217. The Bertz CT molecular complexity index is 381. The second-order valence-electron chi connectivity index (χ2n) is 4.68. The Morgan fingerprint density at radius 2 is 2.50 bits per heavy atom. The predicted molar refractivity (Wildman–Crippen MR) is 64.7 cm³/mol. The van der Waals surface area contributed by atoms with Crippen LogP contribution in [0.3, 0.4) is 0 Å². The summed E-state index contributed by atoms with van der Waals surface area (Å²) >= 11 is 1.64. The highest BCUT2D eigenvalue weighted by atomic mass is 32.1. The summed E-state index contributed by atoms with van der Waals surface area (Å²) in [6.07, 6.45) is 2.66. The van der Waals surface area contributed by atoms with Crippen LogP contribution >= 0.6 is 11.3 Å². The van der Waals surface area contributed by atoms with Gasteiger partial charge in [-0.3, -0.25) is 0 Å². The Balaban J connectivity index is 1.67. The zero-order chi connectivity index (χ0) is 11.1. The first-order chi connectivity index (χ1) is 7.75. The normalized spacial score (nSPS) is 37.6. The lowest BCUT2D eigenvalue weighted by Crippen LogP contribution is -2.69. The van der Waals surface area contributed by atoms with Crippen LogP contribution in [0.1, 0.15) is 18.5 Å². The smallest absolute Gasteiger partial charge is 0.183 e. The molecule has 1 aliphatic heterocycles. The Labute approximate surface area is 99.2 Å². The zero-order valence-corrected chi connectivity index (χ0v) is 10.2. The first-order valence-corrected chi connectivity index (χ1v) is 6.69. The summed E-state index contributed by atoms with van der Waals surface area (Å²) < 4.78 is 5.77. The van der Waals surface area contributed by atoms with Crippen molar-refractivity contribution in [3.63, 3.8) is 0 Å². The van der Waals surface area contributed by atoms with Crippen molar-refractivity contribution in [2.45, 2.75) is 38.0 Å². The maximum absolute atomic E-state index is 6.17. The van der Waals surface area contributed by atoms with Crippen molar-refractivity contribution in [3.05, 3.63) is 11.1 Å². The van der Waals surface area contributed by atoms with Crippen molar-refractivity contribution in [2.24, 2.45) is 11.7 Å². The van der Waals surface area contributed by atoms with Gasteiger partial charge in [0.05, 0.1) is 17.8 Å². The quantitative estimate of drug-likeness (QED) is 0.818. The summed E-state index contributed by atoms with van der Waals surface area (Å²) in [5.74, 6) is 0.548. The molecular weight excluding hydrogens is 222 g/mol. The molecular formula is C11H17N3OS. The van der Waals surface area contributed by atoms with Gasteiger partial charge in [-0.25, -0.2) is 4.98 Å². The van der Waals surface area contributed by atoms with Crippen molar-refractivity contribution in [1.82, 2.24) is 4.98 Å². The molecule has 1 saturated carbocycles. The molecule has 2 aliphatic rings. The summed E-state index contributed by atoms with van der Waals surface area (Å²) in [5.41, 5.74) is 7.22. The summed E-state index contributed by atoms with van der Waals surface area (Å²) in [6.45, 7) is 2.88. The lowest BCUT2D eigenvalue weighted by Gasteiger charge is -2.52. The summed E-state index contributed by atoms with van der Waals surface area (Å²) in [4.78, 5) is 4.40. The SMILES string of the molecule is Cc1csc(NC2C(N)C3CCCOC32)n1. The zero-order valence-electron chi connectivity index (χ0n) is 9.35. The third-order valence-electron chi connectivity index (χ3n) is 3.59. The first kappa shape index (κ1) is 10.5. The van der Waals surface area contributed by atoms with E-state index in [2.05, 4.69) is 10.3 Å². The number of aryl methyl sites for hydroxylation is 1. The van der Waals surface area contributed by atoms with Gasteiger partial charge in [-0.1, -0.05) is 0 Å². The van der Waals surface area contributed by atoms with Crippen LogP contribution in [0.5, 0.6) is 0 Å². The van der Waals surface area contributed by atoms with E-state index >= 15 is 0 Å². The number of aromatic nitrogens is 1. The number of hydrogen-bond acceptors (Lipinski definition) is 5. The van der Waals surface area contributed by atoms with Gasteiger partial charge < -0.3 is 15.8 Å². The molecule has 0 amide bonds. The third kappa shape index (κ3) is 1.63. The van der Waals surface area contributed by atoms with Gasteiger partial charge in [0.1, 0.15) is 0 Å². The molecule has 4 atom stereocenters. The molecule has 0 spiro atoms. The van der Waals surface area contributed by atoms with E-state index in [1.54, 1.807) is 11.3 Å². The topological polar surface area (TPSA) is 60.2 Å². The van der Waals surface area contributed by atoms with Crippen LogP contribution in [0.25, 0.3) is 0 Å². The van der Waals surface area contributed by atoms with Crippen LogP contribution in [0.15, 0.2) is 5.38 Å². The fraction of sp³-hybridized carbons (Fsp3) is 0.727. The second-order valence-corrected chi connectivity index (χ2v) is 5.54. The molecule has 1 saturated heterocycles. The number of hydrogen-bond donors (Lipinski definition) is 2. The summed E-state index contributed by atoms with van der Waals surface area (Å²) in [7, 11) is 0. The highest BCUT2D eigenvalue weighted by Gasteiger charge is 2.50. The van der Waals surface area contributed by atoms with E-state index in [-0.39, 0.29) is 12.1 Å². The number of nitrogens with one attached hydrogen (secondary N) is 1. The van der Waals surface area contributed by atoms with Gasteiger partial charge >= 0.3 is 0 Å². The Hall–Kier alpha value is -0.650. The van der Waals surface area contributed by atoms with Crippen molar-refractivity contribution >= 4 is 16.5 Å². The van der Waals surface area contributed by atoms with E-state index in [1.165, 1.54) is 6.42 Å². The van der Waals surface area contributed by atoms with E-state index in [0.717, 1.165) is 23.9 Å². The van der Waals surface area contributed by atoms with Crippen LogP contribution in [0.2, 0.25) is 0 Å². The fourth-order valence-electron chi connectivity index (χ4n) is 2.69. The van der Waals surface area contributed by atoms with Crippen molar-refractivity contribution in [2.75, 3.05) is 11.9 Å². The molecule has 1 aromatic heterocycles. The van der Waals surface area contributed by atoms with E-state index in [0.29, 0.717) is 12.0 Å². The van der Waals surface area contributed by atoms with Crippen LogP contribution < -0.4 is 11.1 Å². The summed E-state index contributed by atoms with van der Waals surface area (Å²) in [6, 6.07) is 0.463. The highest BCUT2D eigenvalue weighted by Crippen LogP contribution is 2.38. The standard InChI is InChI=1S/C11H17N3OS/c1-6-5-16-11(13-6)14-9-8(12)7-3-2-4-15-10(7)9/h5,7-10H,2-4,12H2,1H3,(H,13,14). The molecule has 3 N–H and O–H groups in total. The van der Waals surface area contributed by atoms with Crippen LogP contribution in [-0.2, 0) is 4.74 Å². The number of anilines is 1. The number of fused-ring (bicyclic) bond motifs is 1. The van der Waals surface area contributed by atoms with Gasteiger partial charge in [0.25, 0.3) is 0 Å². The third-order valence-corrected chi connectivity index (χ3v) is 4.48. The highest BCUT2D eigenvalue weighted by molar-refractivity contribution is 7.13. The molecule has 88 valence electrons. The Morgan fingerprint density at radius 3 is 3.25 bits per heavy atom. The van der Waals surface area contributed by atoms with Gasteiger partial charge in [0.2, 0.25) is 0 Å². The molecule has 5 heteroatoms. The van der Waals surface area contributed by atoms with Crippen LogP contribution in [0, 0.1) is 12.8 Å². The molecule has 2 heterocycles. The average Bonchev–Trinajstić information content (AvgIpc) is 2.71. The van der Waals surface area contributed by atoms with Crippen molar-refractivity contribution < 1.29 is 4.74 Å². The lowest BCUT2D eigenvalue weighted by atomic mass is 9.69. The first-order valence-electron chi connectivity index (χ1n) is 5.81. The number of ether oxygens (including phenoxy) is 1. The van der Waals surface area contributed by atoms with Crippen molar-refractivity contribution in [1.29, 1.82) is 0 Å². The van der Waals surface area contributed by atoms with Gasteiger partial charge in [-0.15, -0.1) is 11.3 Å². The van der Waals surface area contributed by atoms with Crippen LogP contribution in [0.4, 0.5) is 5.13 Å². The number of thiazole rings is 1. The van der Waals surface area contributed by atoms with E-state index in [1.807, 2.05) is 12.3 Å². The van der Waals surface area contributed by atoms with Gasteiger partial charge in [0, 0.05) is 23.9 Å². The van der Waals surface area contributed by atoms with Gasteiger partial charge in [-0.2, -0.15) is 0 Å². The largest absolute Gasteiger partial charge is 0.376 e. The molecule has 1 aliphatic carbocycles. The monoisotopic (exact) mass is 239 g/mol. The minimum atomic E-state index is 0.217. The number of nitrogens with two attached hydrogens (primary N) is 1. The molecule has 0 bridgehead atoms. The Morgan fingerprint density at radius 1 is 1.62 bits per heavy atom. The van der Waals surface area contributed by atoms with E-state index < -0.39 is 0 Å². The Kier molecular flexibility index (Phi) is 2.61. The predicted octanol–water partition coefficient (Wildman–Crippen LogP) is 1.37. The average molecular weight is 239 g/mol. The van der Waals surface area contributed by atoms with Crippen molar-refractivity contribution in [3.8, 4) is 0 Å². The number of rotatable bonds is 2. The molecule has 0 radical (unpaired) electrons.